The highest BCUT2D eigenvalue weighted by molar-refractivity contribution is 6.02. The average Bonchev–Trinajstić information content (AvgIpc) is 2.85. The van der Waals surface area contributed by atoms with E-state index in [0.29, 0.717) is 29.4 Å². The van der Waals surface area contributed by atoms with Crippen molar-refractivity contribution < 1.29 is 28.6 Å². The van der Waals surface area contributed by atoms with Gasteiger partial charge in [0.15, 0.2) is 19.0 Å². The summed E-state index contributed by atoms with van der Waals surface area (Å²) in [5.74, 6) is -0.171. The summed E-state index contributed by atoms with van der Waals surface area (Å²) in [5, 5.41) is 2.63. The van der Waals surface area contributed by atoms with Crippen LogP contribution in [0.5, 0.6) is 11.5 Å². The van der Waals surface area contributed by atoms with Crippen LogP contribution in [0.25, 0.3) is 6.08 Å². The quantitative estimate of drug-likeness (QED) is 0.322. The minimum atomic E-state index is -0.645. The van der Waals surface area contributed by atoms with Crippen molar-refractivity contribution in [1.29, 1.82) is 0 Å². The number of hydrogen-bond donors (Lipinski definition) is 1. The van der Waals surface area contributed by atoms with Crippen molar-refractivity contribution in [1.82, 2.24) is 4.98 Å². The number of carbonyl (C=O) groups is 3. The monoisotopic (exact) mass is 444 g/mol. The summed E-state index contributed by atoms with van der Waals surface area (Å²) in [4.78, 5) is 39.9. The van der Waals surface area contributed by atoms with E-state index in [1.165, 1.54) is 12.1 Å². The van der Waals surface area contributed by atoms with E-state index in [2.05, 4.69) is 10.3 Å². The number of nitrogens with zero attached hydrogens (tertiary/aromatic N) is 1. The van der Waals surface area contributed by atoms with E-state index in [4.69, 9.17) is 14.2 Å². The Morgan fingerprint density at radius 2 is 1.94 bits per heavy atom. The van der Waals surface area contributed by atoms with Crippen molar-refractivity contribution >= 4 is 29.4 Å². The van der Waals surface area contributed by atoms with Gasteiger partial charge >= 0.3 is 5.97 Å². The van der Waals surface area contributed by atoms with Gasteiger partial charge in [0.25, 0.3) is 5.91 Å². The normalized spacial score (nSPS) is 12.4. The van der Waals surface area contributed by atoms with Gasteiger partial charge in [-0.1, -0.05) is 18.2 Å². The van der Waals surface area contributed by atoms with Crippen molar-refractivity contribution in [3.05, 3.63) is 89.8 Å². The average molecular weight is 444 g/mol. The van der Waals surface area contributed by atoms with Crippen LogP contribution in [0, 0.1) is 0 Å². The van der Waals surface area contributed by atoms with Crippen LogP contribution in [-0.4, -0.2) is 35.9 Å². The first-order valence-electron chi connectivity index (χ1n) is 10.1. The molecule has 0 radical (unpaired) electrons. The number of carbonyl (C=O) groups excluding carboxylic acids is 3. The number of rotatable bonds is 8. The van der Waals surface area contributed by atoms with Crippen molar-refractivity contribution in [3.8, 4) is 11.5 Å². The fraction of sp³-hybridized carbons (Fsp3) is 0.120. The van der Waals surface area contributed by atoms with E-state index in [0.717, 1.165) is 11.3 Å². The fourth-order valence-electron chi connectivity index (χ4n) is 3.00. The fourth-order valence-corrected chi connectivity index (χ4v) is 3.00. The molecule has 3 aromatic rings. The Morgan fingerprint density at radius 1 is 1.09 bits per heavy atom. The van der Waals surface area contributed by atoms with Gasteiger partial charge in [0, 0.05) is 17.8 Å². The first-order chi connectivity index (χ1) is 16.1. The molecule has 33 heavy (non-hydrogen) atoms. The van der Waals surface area contributed by atoms with Gasteiger partial charge in [-0.25, -0.2) is 4.79 Å². The second-order valence-electron chi connectivity index (χ2n) is 7.09. The Bertz CT molecular complexity index is 1190. The molecule has 1 amide bonds. The zero-order chi connectivity index (χ0) is 23.0. The number of hydrogen-bond acceptors (Lipinski definition) is 7. The van der Waals surface area contributed by atoms with Crippen LogP contribution in [0.4, 0.5) is 5.69 Å². The minimum absolute atomic E-state index is 0.0643. The number of amides is 1. The van der Waals surface area contributed by atoms with Crippen LogP contribution in [0.1, 0.15) is 21.6 Å². The number of aromatic nitrogens is 1. The summed E-state index contributed by atoms with van der Waals surface area (Å²) in [6.45, 7) is -0.123. The summed E-state index contributed by atoms with van der Waals surface area (Å²) >= 11 is 0. The van der Waals surface area contributed by atoms with Gasteiger partial charge in [-0.3, -0.25) is 14.6 Å². The number of Topliss-reactive ketones (excluding diaryl/α,β-unsaturated/α-hetero) is 1. The standard InChI is InChI=1S/C25H20N2O6/c28-22(18-7-10-23-21(13-18)27-24(29)16-32-23)15-33-25(30)11-6-17-4-8-20(9-5-17)31-14-19-3-1-2-12-26-19/h1-13H,14-16H2,(H,27,29)/b11-6+. The van der Waals surface area contributed by atoms with Gasteiger partial charge in [-0.15, -0.1) is 0 Å². The molecular weight excluding hydrogens is 424 g/mol. The molecule has 0 unspecified atom stereocenters. The molecule has 4 rings (SSSR count). The van der Waals surface area contributed by atoms with E-state index < -0.39 is 18.4 Å². The summed E-state index contributed by atoms with van der Waals surface area (Å²) in [6, 6.07) is 17.4. The van der Waals surface area contributed by atoms with Gasteiger partial charge in [0.2, 0.25) is 0 Å². The number of ketones is 1. The van der Waals surface area contributed by atoms with E-state index in [9.17, 15) is 14.4 Å². The van der Waals surface area contributed by atoms with Crippen molar-refractivity contribution in [3.63, 3.8) is 0 Å². The van der Waals surface area contributed by atoms with Crippen molar-refractivity contribution in [2.45, 2.75) is 6.61 Å². The third kappa shape index (κ3) is 6.04. The SMILES string of the molecule is O=C1COc2ccc(C(=O)COC(=O)/C=C/c3ccc(OCc4ccccn4)cc3)cc2N1. The minimum Gasteiger partial charge on any atom is -0.487 e. The highest BCUT2D eigenvalue weighted by Crippen LogP contribution is 2.28. The molecule has 1 N–H and O–H groups in total. The molecule has 1 aliphatic rings. The Morgan fingerprint density at radius 3 is 2.73 bits per heavy atom. The van der Waals surface area contributed by atoms with Crippen LogP contribution in [0.3, 0.4) is 0 Å². The topological polar surface area (TPSA) is 104 Å². The molecule has 0 atom stereocenters. The summed E-state index contributed by atoms with van der Waals surface area (Å²) < 4.78 is 16.0. The molecule has 1 aromatic heterocycles. The molecule has 0 aliphatic carbocycles. The second kappa shape index (κ2) is 10.2. The molecule has 8 nitrogen and oxygen atoms in total. The molecule has 0 spiro atoms. The summed E-state index contributed by atoms with van der Waals surface area (Å²) in [7, 11) is 0. The molecule has 8 heteroatoms. The molecule has 2 heterocycles. The third-order valence-electron chi connectivity index (χ3n) is 4.68. The van der Waals surface area contributed by atoms with Gasteiger partial charge in [-0.05, 0) is 54.1 Å². The molecule has 0 bridgehead atoms. The molecule has 1 aliphatic heterocycles. The van der Waals surface area contributed by atoms with Crippen LogP contribution >= 0.6 is 0 Å². The summed E-state index contributed by atoms with van der Waals surface area (Å²) in [5.41, 5.74) is 2.31. The largest absolute Gasteiger partial charge is 0.487 e. The van der Waals surface area contributed by atoms with Crippen molar-refractivity contribution in [2.75, 3.05) is 18.5 Å². The maximum atomic E-state index is 12.3. The number of benzene rings is 2. The van der Waals surface area contributed by atoms with E-state index in [1.807, 2.05) is 18.2 Å². The molecule has 166 valence electrons. The highest BCUT2D eigenvalue weighted by Gasteiger charge is 2.18. The lowest BCUT2D eigenvalue weighted by molar-refractivity contribution is -0.136. The first-order valence-corrected chi connectivity index (χ1v) is 10.1. The summed E-state index contributed by atoms with van der Waals surface area (Å²) in [6.07, 6.45) is 4.54. The Balaban J connectivity index is 1.25. The third-order valence-corrected chi connectivity index (χ3v) is 4.68. The zero-order valence-corrected chi connectivity index (χ0v) is 17.5. The molecule has 0 fully saturated rings. The van der Waals surface area contributed by atoms with E-state index in [-0.39, 0.29) is 12.5 Å². The Labute approximate surface area is 189 Å². The van der Waals surface area contributed by atoms with Gasteiger partial charge < -0.3 is 19.5 Å². The smallest absolute Gasteiger partial charge is 0.331 e. The van der Waals surface area contributed by atoms with Crippen molar-refractivity contribution in [2.24, 2.45) is 0 Å². The lowest BCUT2D eigenvalue weighted by Gasteiger charge is -2.18. The number of pyridine rings is 1. The molecule has 2 aromatic carbocycles. The van der Waals surface area contributed by atoms with Gasteiger partial charge in [-0.2, -0.15) is 0 Å². The molecular formula is C25H20N2O6. The van der Waals surface area contributed by atoms with E-state index in [1.54, 1.807) is 48.7 Å². The second-order valence-corrected chi connectivity index (χ2v) is 7.09. The van der Waals surface area contributed by atoms with Crippen LogP contribution in [0.15, 0.2) is 72.9 Å². The maximum Gasteiger partial charge on any atom is 0.331 e. The van der Waals surface area contributed by atoms with Crippen LogP contribution < -0.4 is 14.8 Å². The predicted molar refractivity (Wildman–Crippen MR) is 120 cm³/mol. The number of fused-ring (bicyclic) bond motifs is 1. The maximum absolute atomic E-state index is 12.3. The zero-order valence-electron chi connectivity index (χ0n) is 17.5. The molecule has 0 saturated heterocycles. The number of esters is 1. The Hall–Kier alpha value is -4.46. The van der Waals surface area contributed by atoms with Gasteiger partial charge in [0.05, 0.1) is 11.4 Å². The first kappa shape index (κ1) is 21.8. The van der Waals surface area contributed by atoms with E-state index >= 15 is 0 Å². The highest BCUT2D eigenvalue weighted by atomic mass is 16.5. The lowest BCUT2D eigenvalue weighted by Crippen LogP contribution is -2.25. The predicted octanol–water partition coefficient (Wildman–Crippen LogP) is 3.43. The van der Waals surface area contributed by atoms with Gasteiger partial charge in [0.1, 0.15) is 18.1 Å². The Kier molecular flexibility index (Phi) is 6.75. The number of ether oxygens (including phenoxy) is 3. The van der Waals surface area contributed by atoms with Crippen LogP contribution in [-0.2, 0) is 20.9 Å². The molecule has 0 saturated carbocycles. The number of anilines is 1. The lowest BCUT2D eigenvalue weighted by atomic mass is 10.1. The number of nitrogens with one attached hydrogen (secondary N) is 1. The van der Waals surface area contributed by atoms with Crippen LogP contribution in [0.2, 0.25) is 0 Å².